The van der Waals surface area contributed by atoms with Gasteiger partial charge in [-0.1, -0.05) is 41.8 Å². The Hall–Kier alpha value is -3.91. The van der Waals surface area contributed by atoms with Crippen molar-refractivity contribution in [2.75, 3.05) is 26.2 Å². The first-order valence-corrected chi connectivity index (χ1v) is 13.8. The van der Waals surface area contributed by atoms with E-state index in [0.717, 1.165) is 11.1 Å². The molecule has 1 aromatic heterocycles. The monoisotopic (exact) mass is 534 g/mol. The van der Waals surface area contributed by atoms with Crippen LogP contribution in [0.15, 0.2) is 76.0 Å². The molecule has 1 saturated heterocycles. The molecule has 0 spiro atoms. The van der Waals surface area contributed by atoms with Crippen molar-refractivity contribution in [1.29, 1.82) is 0 Å². The number of benzene rings is 2. The number of hydrogen-bond acceptors (Lipinski definition) is 6. The van der Waals surface area contributed by atoms with E-state index in [1.165, 1.54) is 18.2 Å². The van der Waals surface area contributed by atoms with Gasteiger partial charge in [-0.3, -0.25) is 9.59 Å². The maximum Gasteiger partial charge on any atom is 0.287 e. The molecule has 4 N–H and O–H groups in total. The number of nitrogens with one attached hydrogen (secondary N) is 4. The van der Waals surface area contributed by atoms with Gasteiger partial charge < -0.3 is 20.4 Å². The van der Waals surface area contributed by atoms with Gasteiger partial charge >= 0.3 is 0 Å². The number of amides is 2. The smallest absolute Gasteiger partial charge is 0.287 e. The second kappa shape index (κ2) is 12.1. The van der Waals surface area contributed by atoms with Crippen molar-refractivity contribution in [2.45, 2.75) is 30.2 Å². The SMILES string of the molecule is Cc1ccc(S(=O)(=O)NCCNC(=O)C2(NC(=O)c3ccc(C#Cc4ccccc4)o3)CCNCC2)cc1. The summed E-state index contributed by atoms with van der Waals surface area (Å²) in [6.07, 6.45) is 0.752. The number of furan rings is 1. The average molecular weight is 535 g/mol. The van der Waals surface area contributed by atoms with Gasteiger partial charge in [0.1, 0.15) is 5.54 Å². The molecule has 0 aliphatic carbocycles. The van der Waals surface area contributed by atoms with Crippen molar-refractivity contribution in [3.8, 4) is 11.8 Å². The third kappa shape index (κ3) is 6.89. The molecule has 10 heteroatoms. The number of piperidine rings is 1. The number of carbonyl (C=O) groups excluding carboxylic acids is 2. The highest BCUT2D eigenvalue weighted by molar-refractivity contribution is 7.89. The van der Waals surface area contributed by atoms with Crippen LogP contribution in [0.2, 0.25) is 0 Å². The highest BCUT2D eigenvalue weighted by Crippen LogP contribution is 2.20. The van der Waals surface area contributed by atoms with E-state index in [4.69, 9.17) is 4.42 Å². The predicted octanol–water partition coefficient (Wildman–Crippen LogP) is 1.93. The van der Waals surface area contributed by atoms with Gasteiger partial charge in [-0.2, -0.15) is 0 Å². The average Bonchev–Trinajstić information content (AvgIpc) is 3.41. The van der Waals surface area contributed by atoms with E-state index in [2.05, 4.69) is 32.5 Å². The molecule has 0 radical (unpaired) electrons. The quantitative estimate of drug-likeness (QED) is 0.258. The summed E-state index contributed by atoms with van der Waals surface area (Å²) in [5, 5.41) is 8.81. The Kier molecular flexibility index (Phi) is 8.63. The number of rotatable bonds is 8. The zero-order valence-electron chi connectivity index (χ0n) is 21.0. The summed E-state index contributed by atoms with van der Waals surface area (Å²) in [6.45, 7) is 3.03. The molecule has 0 bridgehead atoms. The third-order valence-corrected chi connectivity index (χ3v) is 7.69. The van der Waals surface area contributed by atoms with Gasteiger partial charge in [-0.15, -0.1) is 0 Å². The van der Waals surface area contributed by atoms with E-state index in [1.54, 1.807) is 18.2 Å². The fraction of sp³-hybridized carbons (Fsp3) is 0.286. The molecule has 0 unspecified atom stereocenters. The maximum atomic E-state index is 13.2. The van der Waals surface area contributed by atoms with Gasteiger partial charge in [0.05, 0.1) is 4.90 Å². The summed E-state index contributed by atoms with van der Waals surface area (Å²) < 4.78 is 33.0. The zero-order valence-corrected chi connectivity index (χ0v) is 21.9. The van der Waals surface area contributed by atoms with Crippen LogP contribution in [0.4, 0.5) is 0 Å². The Morgan fingerprint density at radius 1 is 0.947 bits per heavy atom. The topological polar surface area (TPSA) is 130 Å². The van der Waals surface area contributed by atoms with Gasteiger partial charge in [-0.05, 0) is 75.2 Å². The summed E-state index contributed by atoms with van der Waals surface area (Å²) in [5.41, 5.74) is 0.624. The molecule has 1 aliphatic heterocycles. The molecule has 198 valence electrons. The molecule has 3 aromatic rings. The van der Waals surface area contributed by atoms with Crippen molar-refractivity contribution < 1.29 is 22.4 Å². The highest BCUT2D eigenvalue weighted by Gasteiger charge is 2.41. The molecule has 0 atom stereocenters. The zero-order chi connectivity index (χ0) is 27.0. The maximum absolute atomic E-state index is 13.2. The van der Waals surface area contributed by atoms with E-state index in [0.29, 0.717) is 31.7 Å². The molecular weight excluding hydrogens is 504 g/mol. The molecule has 4 rings (SSSR count). The van der Waals surface area contributed by atoms with E-state index >= 15 is 0 Å². The lowest BCUT2D eigenvalue weighted by atomic mass is 9.87. The van der Waals surface area contributed by atoms with Gasteiger partial charge in [-0.25, -0.2) is 13.1 Å². The summed E-state index contributed by atoms with van der Waals surface area (Å²) in [5.74, 6) is 5.36. The molecule has 2 heterocycles. The van der Waals surface area contributed by atoms with Crippen LogP contribution in [0.1, 0.15) is 40.3 Å². The van der Waals surface area contributed by atoms with Crippen molar-refractivity contribution in [1.82, 2.24) is 20.7 Å². The van der Waals surface area contributed by atoms with Crippen LogP contribution in [-0.2, 0) is 14.8 Å². The minimum absolute atomic E-state index is 0.00581. The Morgan fingerprint density at radius 2 is 1.66 bits per heavy atom. The standard InChI is InChI=1S/C28H30N4O5S/c1-21-7-12-24(13-8-21)38(35,36)31-20-19-30-27(34)28(15-17-29-18-16-28)32-26(33)25-14-11-23(37-25)10-9-22-5-3-2-4-6-22/h2-8,11-14,29,31H,15-20H2,1H3,(H,30,34)(H,32,33). The lowest BCUT2D eigenvalue weighted by molar-refractivity contribution is -0.128. The Balaban J connectivity index is 1.36. The van der Waals surface area contributed by atoms with Crippen molar-refractivity contribution in [3.05, 3.63) is 89.4 Å². The van der Waals surface area contributed by atoms with Crippen molar-refractivity contribution in [2.24, 2.45) is 0 Å². The van der Waals surface area contributed by atoms with Crippen LogP contribution >= 0.6 is 0 Å². The minimum Gasteiger partial charge on any atom is -0.443 e. The lowest BCUT2D eigenvalue weighted by Crippen LogP contribution is -2.63. The highest BCUT2D eigenvalue weighted by atomic mass is 32.2. The molecule has 1 fully saturated rings. The van der Waals surface area contributed by atoms with Crippen LogP contribution in [0.5, 0.6) is 0 Å². The Labute approximate surface area is 222 Å². The largest absolute Gasteiger partial charge is 0.443 e. The van der Waals surface area contributed by atoms with E-state index < -0.39 is 21.5 Å². The minimum atomic E-state index is -3.69. The summed E-state index contributed by atoms with van der Waals surface area (Å²) in [7, 11) is -3.69. The van der Waals surface area contributed by atoms with Crippen molar-refractivity contribution >= 4 is 21.8 Å². The molecule has 38 heavy (non-hydrogen) atoms. The van der Waals surface area contributed by atoms with Crippen molar-refractivity contribution in [3.63, 3.8) is 0 Å². The summed E-state index contributed by atoms with van der Waals surface area (Å²) >= 11 is 0. The summed E-state index contributed by atoms with van der Waals surface area (Å²) in [4.78, 5) is 26.4. The van der Waals surface area contributed by atoms with Gasteiger partial charge in [0.15, 0.2) is 11.5 Å². The number of aryl methyl sites for hydroxylation is 1. The van der Waals surface area contributed by atoms with Crippen LogP contribution in [0.3, 0.4) is 0 Å². The van der Waals surface area contributed by atoms with Gasteiger partial charge in [0.2, 0.25) is 15.9 Å². The molecule has 2 aromatic carbocycles. The van der Waals surface area contributed by atoms with Crippen LogP contribution in [0, 0.1) is 18.8 Å². The van der Waals surface area contributed by atoms with Crippen LogP contribution in [0.25, 0.3) is 0 Å². The predicted molar refractivity (Wildman–Crippen MR) is 143 cm³/mol. The second-order valence-corrected chi connectivity index (χ2v) is 10.8. The first-order chi connectivity index (χ1) is 18.3. The van der Waals surface area contributed by atoms with E-state index in [-0.39, 0.29) is 29.7 Å². The fourth-order valence-corrected chi connectivity index (χ4v) is 5.09. The van der Waals surface area contributed by atoms with E-state index in [9.17, 15) is 18.0 Å². The summed E-state index contributed by atoms with van der Waals surface area (Å²) in [6, 6.07) is 19.0. The first-order valence-electron chi connectivity index (χ1n) is 12.3. The molecule has 2 amide bonds. The fourth-order valence-electron chi connectivity index (χ4n) is 4.06. The molecule has 0 saturated carbocycles. The molecular formula is C28H30N4O5S. The van der Waals surface area contributed by atoms with E-state index in [1.807, 2.05) is 37.3 Å². The van der Waals surface area contributed by atoms with Gasteiger partial charge in [0, 0.05) is 18.7 Å². The third-order valence-electron chi connectivity index (χ3n) is 6.21. The number of carbonyl (C=O) groups is 2. The Morgan fingerprint density at radius 3 is 2.37 bits per heavy atom. The number of sulfonamides is 1. The molecule has 9 nitrogen and oxygen atoms in total. The molecule has 1 aliphatic rings. The lowest BCUT2D eigenvalue weighted by Gasteiger charge is -2.36. The number of hydrogen-bond donors (Lipinski definition) is 4. The van der Waals surface area contributed by atoms with Crippen LogP contribution in [-0.4, -0.2) is 52.0 Å². The van der Waals surface area contributed by atoms with Crippen LogP contribution < -0.4 is 20.7 Å². The second-order valence-electron chi connectivity index (χ2n) is 9.03. The normalized spacial score (nSPS) is 14.7. The first kappa shape index (κ1) is 27.1. The van der Waals surface area contributed by atoms with Gasteiger partial charge in [0.25, 0.3) is 5.91 Å². The Bertz CT molecular complexity index is 1430.